The van der Waals surface area contributed by atoms with Crippen LogP contribution >= 0.6 is 11.6 Å². The third kappa shape index (κ3) is 4.70. The van der Waals surface area contributed by atoms with Crippen LogP contribution in [0, 0.1) is 5.92 Å². The van der Waals surface area contributed by atoms with Crippen molar-refractivity contribution in [3.8, 4) is 5.75 Å². The molecular weight excluding hydrogens is 506 g/mol. The molecule has 8 nitrogen and oxygen atoms in total. The predicted octanol–water partition coefficient (Wildman–Crippen LogP) is 5.35. The Bertz CT molecular complexity index is 1480. The maximum Gasteiger partial charge on any atom is 0.331 e. The van der Waals surface area contributed by atoms with Crippen molar-refractivity contribution >= 4 is 46.4 Å². The Labute approximate surface area is 224 Å². The highest BCUT2D eigenvalue weighted by Crippen LogP contribution is 2.46. The molecule has 0 saturated heterocycles. The van der Waals surface area contributed by atoms with E-state index in [0.29, 0.717) is 42.0 Å². The number of amides is 2. The number of allylic oxidation sites excluding steroid dienone is 1. The number of hydrogen-bond donors (Lipinski definition) is 3. The fourth-order valence-electron chi connectivity index (χ4n) is 5.22. The van der Waals surface area contributed by atoms with Gasteiger partial charge in [0.25, 0.3) is 11.8 Å². The van der Waals surface area contributed by atoms with E-state index in [-0.39, 0.29) is 34.0 Å². The normalized spacial score (nSPS) is 18.1. The van der Waals surface area contributed by atoms with Gasteiger partial charge in [0.05, 0.1) is 29.1 Å². The summed E-state index contributed by atoms with van der Waals surface area (Å²) in [5.41, 5.74) is 9.57. The fourth-order valence-corrected chi connectivity index (χ4v) is 5.42. The van der Waals surface area contributed by atoms with E-state index >= 15 is 0 Å². The number of para-hydroxylation sites is 1. The van der Waals surface area contributed by atoms with Crippen LogP contribution in [-0.4, -0.2) is 36.5 Å². The lowest BCUT2D eigenvalue weighted by Gasteiger charge is -2.24. The molecule has 1 aliphatic heterocycles. The highest BCUT2D eigenvalue weighted by molar-refractivity contribution is 6.34. The lowest BCUT2D eigenvalue weighted by molar-refractivity contribution is -0.132. The van der Waals surface area contributed by atoms with Crippen molar-refractivity contribution in [3.05, 3.63) is 94.0 Å². The molecule has 0 bridgehead atoms. The summed E-state index contributed by atoms with van der Waals surface area (Å²) in [5.74, 6) is -1.01. The van der Waals surface area contributed by atoms with Crippen molar-refractivity contribution in [2.24, 2.45) is 5.92 Å². The summed E-state index contributed by atoms with van der Waals surface area (Å²) in [5, 5.41) is 12.5. The summed E-state index contributed by atoms with van der Waals surface area (Å²) < 4.78 is 5.17. The number of aliphatic carboxylic acids is 1. The molecule has 38 heavy (non-hydrogen) atoms. The maximum absolute atomic E-state index is 13.7. The summed E-state index contributed by atoms with van der Waals surface area (Å²) in [6.45, 7) is 0.449. The van der Waals surface area contributed by atoms with Crippen molar-refractivity contribution in [3.63, 3.8) is 0 Å². The number of rotatable bonds is 5. The molecule has 9 heteroatoms. The minimum Gasteiger partial charge on any atom is -0.497 e. The standard InChI is InChI=1S/C29H26ClN3O5/c1-38-19-7-8-23(30)22(15-19)27(34)32-25-9-6-17(14-24(25)31)28(35)33-11-10-16-12-18(29(36)37)13-21(16)20-4-2-3-5-26(20)33/h2-9,13-16,21H,10-12,31H2,1H3,(H,32,34)(H,36,37)/t16?,21-/m0/s1. The smallest absolute Gasteiger partial charge is 0.331 e. The van der Waals surface area contributed by atoms with E-state index in [1.165, 1.54) is 13.2 Å². The van der Waals surface area contributed by atoms with Crippen LogP contribution in [0.2, 0.25) is 5.02 Å². The number of methoxy groups -OCH3 is 1. The third-order valence-corrected chi connectivity index (χ3v) is 7.50. The largest absolute Gasteiger partial charge is 0.497 e. The van der Waals surface area contributed by atoms with Crippen LogP contribution in [0.1, 0.15) is 45.0 Å². The van der Waals surface area contributed by atoms with Gasteiger partial charge in [-0.1, -0.05) is 35.9 Å². The van der Waals surface area contributed by atoms with Gasteiger partial charge >= 0.3 is 5.97 Å². The van der Waals surface area contributed by atoms with Gasteiger partial charge in [-0.25, -0.2) is 4.79 Å². The first-order valence-electron chi connectivity index (χ1n) is 12.2. The SMILES string of the molecule is COc1ccc(Cl)c(C(=O)Nc2ccc(C(=O)N3CCC4CC(C(=O)O)=C[C@@H]4c4ccccc43)cc2N)c1. The van der Waals surface area contributed by atoms with Gasteiger partial charge in [0, 0.05) is 29.3 Å². The van der Waals surface area contributed by atoms with Gasteiger partial charge in [0.1, 0.15) is 5.75 Å². The number of nitrogens with two attached hydrogens (primary N) is 1. The van der Waals surface area contributed by atoms with Crippen LogP contribution in [0.3, 0.4) is 0 Å². The van der Waals surface area contributed by atoms with Crippen LogP contribution in [-0.2, 0) is 4.79 Å². The van der Waals surface area contributed by atoms with Gasteiger partial charge in [0.2, 0.25) is 0 Å². The van der Waals surface area contributed by atoms with Crippen LogP contribution in [0.15, 0.2) is 72.3 Å². The molecule has 1 unspecified atom stereocenters. The molecule has 0 fully saturated rings. The van der Waals surface area contributed by atoms with E-state index in [1.54, 1.807) is 35.2 Å². The summed E-state index contributed by atoms with van der Waals surface area (Å²) in [6, 6.07) is 17.1. The van der Waals surface area contributed by atoms with Crippen LogP contribution in [0.25, 0.3) is 0 Å². The number of nitrogens with zero attached hydrogens (tertiary/aromatic N) is 1. The number of benzene rings is 3. The number of halogens is 1. The van der Waals surface area contributed by atoms with E-state index < -0.39 is 11.9 Å². The first-order chi connectivity index (χ1) is 18.3. The number of hydrogen-bond acceptors (Lipinski definition) is 5. The molecule has 5 rings (SSSR count). The molecule has 0 spiro atoms. The van der Waals surface area contributed by atoms with Crippen molar-refractivity contribution in [1.82, 2.24) is 0 Å². The van der Waals surface area contributed by atoms with Crippen molar-refractivity contribution in [2.45, 2.75) is 18.8 Å². The third-order valence-electron chi connectivity index (χ3n) is 7.17. The van der Waals surface area contributed by atoms with Crippen LogP contribution in [0.4, 0.5) is 17.1 Å². The van der Waals surface area contributed by atoms with Crippen LogP contribution < -0.4 is 20.7 Å². The van der Waals surface area contributed by atoms with E-state index in [2.05, 4.69) is 5.32 Å². The molecule has 194 valence electrons. The highest BCUT2D eigenvalue weighted by atomic mass is 35.5. The van der Waals surface area contributed by atoms with Gasteiger partial charge in [-0.3, -0.25) is 9.59 Å². The minimum atomic E-state index is -0.889. The number of fused-ring (bicyclic) bond motifs is 3. The average Bonchev–Trinajstić information content (AvgIpc) is 3.28. The minimum absolute atomic E-state index is 0.0545. The summed E-state index contributed by atoms with van der Waals surface area (Å²) >= 11 is 6.19. The molecule has 0 radical (unpaired) electrons. The number of anilines is 3. The number of ether oxygens (including phenoxy) is 1. The van der Waals surface area contributed by atoms with Gasteiger partial charge < -0.3 is 25.8 Å². The zero-order valence-electron chi connectivity index (χ0n) is 20.6. The molecule has 3 aromatic carbocycles. The molecule has 2 amide bonds. The second-order valence-electron chi connectivity index (χ2n) is 9.39. The Morgan fingerprint density at radius 3 is 2.63 bits per heavy atom. The zero-order valence-corrected chi connectivity index (χ0v) is 21.4. The lowest BCUT2D eigenvalue weighted by Crippen LogP contribution is -2.32. The monoisotopic (exact) mass is 531 g/mol. The van der Waals surface area contributed by atoms with Crippen molar-refractivity contribution in [1.29, 1.82) is 0 Å². The first-order valence-corrected chi connectivity index (χ1v) is 12.5. The second-order valence-corrected chi connectivity index (χ2v) is 9.80. The van der Waals surface area contributed by atoms with Crippen LogP contribution in [0.5, 0.6) is 5.75 Å². The Morgan fingerprint density at radius 1 is 1.11 bits per heavy atom. The fraction of sp³-hybridized carbons (Fsp3) is 0.207. The molecule has 0 saturated carbocycles. The summed E-state index contributed by atoms with van der Waals surface area (Å²) in [6.07, 6.45) is 2.97. The number of carbonyl (C=O) groups is 3. The summed E-state index contributed by atoms with van der Waals surface area (Å²) in [4.78, 5) is 39.8. The highest BCUT2D eigenvalue weighted by Gasteiger charge is 2.37. The van der Waals surface area contributed by atoms with Gasteiger partial charge in [-0.05, 0) is 66.8 Å². The predicted molar refractivity (Wildman–Crippen MR) is 146 cm³/mol. The number of carbonyl (C=O) groups excluding carboxylic acids is 2. The Morgan fingerprint density at radius 2 is 1.89 bits per heavy atom. The number of carboxylic acids is 1. The molecule has 1 heterocycles. The Balaban J connectivity index is 1.40. The average molecular weight is 532 g/mol. The van der Waals surface area contributed by atoms with Gasteiger partial charge in [-0.2, -0.15) is 0 Å². The van der Waals surface area contributed by atoms with Gasteiger partial charge in [0.15, 0.2) is 0 Å². The number of carboxylic acid groups (broad SMARTS) is 1. The quantitative estimate of drug-likeness (QED) is 0.382. The number of nitrogens with one attached hydrogen (secondary N) is 1. The first kappa shape index (κ1) is 25.4. The van der Waals surface area contributed by atoms with E-state index in [4.69, 9.17) is 22.1 Å². The molecule has 4 N–H and O–H groups in total. The van der Waals surface area contributed by atoms with Gasteiger partial charge in [-0.15, -0.1) is 0 Å². The molecule has 3 aromatic rings. The van der Waals surface area contributed by atoms with Crippen molar-refractivity contribution < 1.29 is 24.2 Å². The topological polar surface area (TPSA) is 122 Å². The summed E-state index contributed by atoms with van der Waals surface area (Å²) in [7, 11) is 1.50. The molecule has 2 atom stereocenters. The Kier molecular flexibility index (Phi) is 6.82. The van der Waals surface area contributed by atoms with E-state index in [1.807, 2.05) is 30.3 Å². The van der Waals surface area contributed by atoms with E-state index in [9.17, 15) is 19.5 Å². The molecule has 0 aromatic heterocycles. The maximum atomic E-state index is 13.7. The second kappa shape index (κ2) is 10.2. The van der Waals surface area contributed by atoms with E-state index in [0.717, 1.165) is 11.3 Å². The molecule has 1 aliphatic carbocycles. The van der Waals surface area contributed by atoms with Crippen molar-refractivity contribution in [2.75, 3.05) is 29.6 Å². The molecular formula is C29H26ClN3O5. The lowest BCUT2D eigenvalue weighted by atomic mass is 9.87. The molecule has 2 aliphatic rings. The Hall–Kier alpha value is -4.30. The zero-order chi connectivity index (χ0) is 27.0. The number of nitrogen functional groups attached to an aromatic ring is 1.